The molecule has 0 amide bonds. The highest BCUT2D eigenvalue weighted by atomic mass is 16.4. The fourth-order valence-electron chi connectivity index (χ4n) is 2.26. The van der Waals surface area contributed by atoms with Gasteiger partial charge in [0.1, 0.15) is 0 Å². The zero-order chi connectivity index (χ0) is 11.8. The molecule has 0 radical (unpaired) electrons. The molecule has 0 aliphatic carbocycles. The van der Waals surface area contributed by atoms with Crippen LogP contribution in [0.3, 0.4) is 0 Å². The number of aliphatic hydroxyl groups is 1. The summed E-state index contributed by atoms with van der Waals surface area (Å²) in [4.78, 5) is 13.1. The smallest absolute Gasteiger partial charge is 0.307 e. The van der Waals surface area contributed by atoms with Crippen LogP contribution in [0, 0.1) is 5.92 Å². The number of likely N-dealkylation sites (tertiary alicyclic amines) is 1. The molecule has 94 valence electrons. The van der Waals surface area contributed by atoms with Gasteiger partial charge in [-0.3, -0.25) is 4.79 Å². The molecule has 0 bridgehead atoms. The van der Waals surface area contributed by atoms with E-state index in [9.17, 15) is 4.79 Å². The quantitative estimate of drug-likeness (QED) is 0.647. The molecule has 0 aromatic heterocycles. The van der Waals surface area contributed by atoms with Gasteiger partial charge in [-0.2, -0.15) is 0 Å². The van der Waals surface area contributed by atoms with E-state index in [4.69, 9.17) is 10.2 Å². The molecule has 1 saturated heterocycles. The molecule has 0 spiro atoms. The lowest BCUT2D eigenvalue weighted by Gasteiger charge is -2.30. The number of rotatable bonds is 7. The monoisotopic (exact) mass is 229 g/mol. The Balaban J connectivity index is 2.10. The third kappa shape index (κ3) is 4.94. The second kappa shape index (κ2) is 7.63. The summed E-state index contributed by atoms with van der Waals surface area (Å²) in [5, 5.41) is 17.6. The van der Waals surface area contributed by atoms with Crippen molar-refractivity contribution in [1.82, 2.24) is 4.90 Å². The first-order valence-electron chi connectivity index (χ1n) is 6.30. The number of unbranched alkanes of at least 4 members (excludes halogenated alkanes) is 3. The molecule has 16 heavy (non-hydrogen) atoms. The number of carbonyl (C=O) groups is 1. The lowest BCUT2D eigenvalue weighted by Crippen LogP contribution is -2.39. The lowest BCUT2D eigenvalue weighted by molar-refractivity contribution is -0.143. The topological polar surface area (TPSA) is 60.8 Å². The first kappa shape index (κ1) is 13.5. The minimum absolute atomic E-state index is 0.161. The van der Waals surface area contributed by atoms with Crippen LogP contribution in [0.25, 0.3) is 0 Å². The first-order chi connectivity index (χ1) is 7.74. The number of hydrogen-bond donors (Lipinski definition) is 2. The molecule has 1 atom stereocenters. The summed E-state index contributed by atoms with van der Waals surface area (Å²) < 4.78 is 0. The predicted octanol–water partition coefficient (Wildman–Crippen LogP) is 1.34. The average Bonchev–Trinajstić information content (AvgIpc) is 2.29. The van der Waals surface area contributed by atoms with Crippen molar-refractivity contribution in [3.63, 3.8) is 0 Å². The van der Waals surface area contributed by atoms with Gasteiger partial charge >= 0.3 is 5.97 Å². The van der Waals surface area contributed by atoms with Gasteiger partial charge in [0.25, 0.3) is 0 Å². The number of piperidine rings is 1. The summed E-state index contributed by atoms with van der Waals surface area (Å²) in [6, 6.07) is 0. The molecule has 1 heterocycles. The van der Waals surface area contributed by atoms with E-state index in [2.05, 4.69) is 4.90 Å². The first-order valence-corrected chi connectivity index (χ1v) is 6.30. The van der Waals surface area contributed by atoms with E-state index in [1.807, 2.05) is 0 Å². The molecule has 4 nitrogen and oxygen atoms in total. The van der Waals surface area contributed by atoms with Gasteiger partial charge in [0.2, 0.25) is 0 Å². The van der Waals surface area contributed by atoms with Crippen LogP contribution in [-0.2, 0) is 4.79 Å². The Morgan fingerprint density at radius 2 is 2.00 bits per heavy atom. The fraction of sp³-hybridized carbons (Fsp3) is 0.917. The molecule has 0 saturated carbocycles. The molecule has 0 aromatic rings. The molecule has 1 aliphatic heterocycles. The zero-order valence-electron chi connectivity index (χ0n) is 9.90. The fourth-order valence-corrected chi connectivity index (χ4v) is 2.26. The Hall–Kier alpha value is -0.610. The van der Waals surface area contributed by atoms with Gasteiger partial charge in [0.15, 0.2) is 0 Å². The van der Waals surface area contributed by atoms with Gasteiger partial charge in [-0.05, 0) is 38.8 Å². The molecule has 1 unspecified atom stereocenters. The molecule has 1 fully saturated rings. The molecule has 2 N–H and O–H groups in total. The Bertz CT molecular complexity index is 208. The lowest BCUT2D eigenvalue weighted by atomic mass is 9.98. The van der Waals surface area contributed by atoms with Crippen LogP contribution in [0.5, 0.6) is 0 Å². The maximum atomic E-state index is 10.9. The van der Waals surface area contributed by atoms with E-state index in [1.165, 1.54) is 0 Å². The molecule has 4 heteroatoms. The van der Waals surface area contributed by atoms with Crippen LogP contribution in [0.15, 0.2) is 0 Å². The Morgan fingerprint density at radius 3 is 2.69 bits per heavy atom. The molecule has 1 aliphatic rings. The van der Waals surface area contributed by atoms with Crippen molar-refractivity contribution in [2.24, 2.45) is 5.92 Å². The van der Waals surface area contributed by atoms with Crippen molar-refractivity contribution in [1.29, 1.82) is 0 Å². The summed E-state index contributed by atoms with van der Waals surface area (Å²) in [5.41, 5.74) is 0. The summed E-state index contributed by atoms with van der Waals surface area (Å²) in [7, 11) is 0. The van der Waals surface area contributed by atoms with Crippen LogP contribution in [0.2, 0.25) is 0 Å². The van der Waals surface area contributed by atoms with E-state index in [1.54, 1.807) is 0 Å². The maximum Gasteiger partial charge on any atom is 0.307 e. The number of hydrogen-bond acceptors (Lipinski definition) is 3. The van der Waals surface area contributed by atoms with Crippen LogP contribution >= 0.6 is 0 Å². The summed E-state index contributed by atoms with van der Waals surface area (Å²) in [5.74, 6) is -0.809. The summed E-state index contributed by atoms with van der Waals surface area (Å²) in [6.07, 6.45) is 6.05. The van der Waals surface area contributed by atoms with Gasteiger partial charge < -0.3 is 15.1 Å². The van der Waals surface area contributed by atoms with Gasteiger partial charge in [-0.25, -0.2) is 0 Å². The maximum absolute atomic E-state index is 10.9. The van der Waals surface area contributed by atoms with Crippen molar-refractivity contribution in [2.75, 3.05) is 26.2 Å². The second-order valence-electron chi connectivity index (χ2n) is 4.62. The standard InChI is InChI=1S/C12H23NO3/c14-9-4-2-1-3-7-13-8-5-6-11(10-13)12(15)16/h11,14H,1-10H2,(H,15,16). The highest BCUT2D eigenvalue weighted by Crippen LogP contribution is 2.17. The minimum atomic E-state index is -0.648. The second-order valence-corrected chi connectivity index (χ2v) is 4.62. The Labute approximate surface area is 97.3 Å². The zero-order valence-corrected chi connectivity index (χ0v) is 9.90. The van der Waals surface area contributed by atoms with Crippen molar-refractivity contribution in [3.05, 3.63) is 0 Å². The molecule has 0 aromatic carbocycles. The number of carboxylic acids is 1. The van der Waals surface area contributed by atoms with Crippen molar-refractivity contribution >= 4 is 5.97 Å². The Morgan fingerprint density at radius 1 is 1.25 bits per heavy atom. The minimum Gasteiger partial charge on any atom is -0.481 e. The molecule has 1 rings (SSSR count). The highest BCUT2D eigenvalue weighted by molar-refractivity contribution is 5.70. The summed E-state index contributed by atoms with van der Waals surface area (Å²) >= 11 is 0. The van der Waals surface area contributed by atoms with Crippen molar-refractivity contribution in [2.45, 2.75) is 38.5 Å². The number of aliphatic carboxylic acids is 1. The molecular formula is C12H23NO3. The number of nitrogens with zero attached hydrogens (tertiary/aromatic N) is 1. The van der Waals surface area contributed by atoms with E-state index in [0.29, 0.717) is 0 Å². The predicted molar refractivity (Wildman–Crippen MR) is 62.4 cm³/mol. The number of carboxylic acid groups (broad SMARTS) is 1. The normalized spacial score (nSPS) is 22.2. The van der Waals surface area contributed by atoms with Crippen LogP contribution in [0.4, 0.5) is 0 Å². The average molecular weight is 229 g/mol. The SMILES string of the molecule is O=C(O)C1CCCN(CCCCCCO)C1. The van der Waals surface area contributed by atoms with Crippen LogP contribution < -0.4 is 0 Å². The summed E-state index contributed by atoms with van der Waals surface area (Å²) in [6.45, 7) is 3.05. The molecular weight excluding hydrogens is 206 g/mol. The van der Waals surface area contributed by atoms with Gasteiger partial charge in [-0.1, -0.05) is 12.8 Å². The van der Waals surface area contributed by atoms with Gasteiger partial charge in [0, 0.05) is 13.2 Å². The van der Waals surface area contributed by atoms with Crippen molar-refractivity contribution < 1.29 is 15.0 Å². The van der Waals surface area contributed by atoms with Gasteiger partial charge in [0.05, 0.1) is 5.92 Å². The Kier molecular flexibility index (Phi) is 6.42. The highest BCUT2D eigenvalue weighted by Gasteiger charge is 2.24. The van der Waals surface area contributed by atoms with Crippen LogP contribution in [-0.4, -0.2) is 47.3 Å². The third-order valence-corrected chi connectivity index (χ3v) is 3.24. The third-order valence-electron chi connectivity index (χ3n) is 3.24. The van der Waals surface area contributed by atoms with Gasteiger partial charge in [-0.15, -0.1) is 0 Å². The largest absolute Gasteiger partial charge is 0.481 e. The van der Waals surface area contributed by atoms with E-state index >= 15 is 0 Å². The van der Waals surface area contributed by atoms with E-state index < -0.39 is 5.97 Å². The van der Waals surface area contributed by atoms with E-state index in [0.717, 1.165) is 58.2 Å². The van der Waals surface area contributed by atoms with E-state index in [-0.39, 0.29) is 12.5 Å². The van der Waals surface area contributed by atoms with Crippen LogP contribution in [0.1, 0.15) is 38.5 Å². The number of aliphatic hydroxyl groups excluding tert-OH is 1. The van der Waals surface area contributed by atoms with Crippen molar-refractivity contribution in [3.8, 4) is 0 Å².